The van der Waals surface area contributed by atoms with E-state index < -0.39 is 6.04 Å². The Bertz CT molecular complexity index is 710. The van der Waals surface area contributed by atoms with E-state index in [1.807, 2.05) is 29.6 Å². The summed E-state index contributed by atoms with van der Waals surface area (Å²) in [6.45, 7) is 0. The molecule has 96 valence electrons. The molecule has 0 aliphatic rings. The molecule has 2 aromatic heterocycles. The van der Waals surface area contributed by atoms with Gasteiger partial charge in [0.1, 0.15) is 5.82 Å². The first-order chi connectivity index (χ1) is 9.31. The van der Waals surface area contributed by atoms with Gasteiger partial charge in [0.2, 0.25) is 0 Å². The van der Waals surface area contributed by atoms with Crippen molar-refractivity contribution in [2.24, 2.45) is 5.84 Å². The molecule has 1 unspecified atom stereocenters. The molecule has 0 spiro atoms. The number of nitrogens with two attached hydrogens (primary N) is 1. The normalized spacial score (nSPS) is 12.7. The second-order valence-corrected chi connectivity index (χ2v) is 5.07. The Balaban J connectivity index is 2.18. The van der Waals surface area contributed by atoms with Crippen LogP contribution in [-0.2, 0) is 0 Å². The van der Waals surface area contributed by atoms with Crippen LogP contribution in [0.2, 0.25) is 0 Å². The average molecular weight is 273 g/mol. The maximum absolute atomic E-state index is 13.9. The molecule has 0 saturated carbocycles. The van der Waals surface area contributed by atoms with Crippen molar-refractivity contribution in [3.8, 4) is 0 Å². The van der Waals surface area contributed by atoms with Crippen molar-refractivity contribution in [3.63, 3.8) is 0 Å². The zero-order valence-corrected chi connectivity index (χ0v) is 10.8. The molecule has 0 bridgehead atoms. The number of nitrogens with one attached hydrogen (secondary N) is 1. The predicted molar refractivity (Wildman–Crippen MR) is 75.2 cm³/mol. The fourth-order valence-electron chi connectivity index (χ4n) is 2.17. The molecule has 2 heterocycles. The summed E-state index contributed by atoms with van der Waals surface area (Å²) in [5.74, 6) is 5.25. The lowest BCUT2D eigenvalue weighted by molar-refractivity contribution is 0.545. The standard InChI is InChI=1S/C14H12FN3S/c15-11-5-2-7-17-13(11)12(18-16)10-4-1-3-9-6-8-19-14(9)10/h1-8,12,18H,16H2. The first-order valence-corrected chi connectivity index (χ1v) is 6.72. The van der Waals surface area contributed by atoms with Gasteiger partial charge < -0.3 is 0 Å². The molecule has 3 N–H and O–H groups in total. The second-order valence-electron chi connectivity index (χ2n) is 4.16. The van der Waals surface area contributed by atoms with Crippen molar-refractivity contribution in [1.29, 1.82) is 0 Å². The lowest BCUT2D eigenvalue weighted by Gasteiger charge is -2.17. The molecule has 0 aliphatic heterocycles. The molecular formula is C14H12FN3S. The number of halogens is 1. The highest BCUT2D eigenvalue weighted by Crippen LogP contribution is 2.31. The number of hydrazine groups is 1. The summed E-state index contributed by atoms with van der Waals surface area (Å²) in [4.78, 5) is 4.10. The Hall–Kier alpha value is -1.82. The van der Waals surface area contributed by atoms with Crippen LogP contribution in [-0.4, -0.2) is 4.98 Å². The van der Waals surface area contributed by atoms with Gasteiger partial charge in [-0.05, 0) is 34.5 Å². The topological polar surface area (TPSA) is 50.9 Å². The second kappa shape index (κ2) is 5.05. The maximum atomic E-state index is 13.9. The highest BCUT2D eigenvalue weighted by molar-refractivity contribution is 7.17. The zero-order chi connectivity index (χ0) is 13.2. The van der Waals surface area contributed by atoms with E-state index >= 15 is 0 Å². The van der Waals surface area contributed by atoms with E-state index in [4.69, 9.17) is 5.84 Å². The first kappa shape index (κ1) is 12.2. The minimum absolute atomic E-state index is 0.311. The monoisotopic (exact) mass is 273 g/mol. The molecular weight excluding hydrogens is 261 g/mol. The van der Waals surface area contributed by atoms with Crippen LogP contribution >= 0.6 is 11.3 Å². The molecule has 0 radical (unpaired) electrons. The number of fused-ring (bicyclic) bond motifs is 1. The summed E-state index contributed by atoms with van der Waals surface area (Å²) >= 11 is 1.61. The molecule has 1 aromatic carbocycles. The summed E-state index contributed by atoms with van der Waals surface area (Å²) in [5.41, 5.74) is 3.91. The van der Waals surface area contributed by atoms with Crippen LogP contribution in [0, 0.1) is 5.82 Å². The van der Waals surface area contributed by atoms with Crippen LogP contribution in [0.4, 0.5) is 4.39 Å². The first-order valence-electron chi connectivity index (χ1n) is 5.84. The third-order valence-electron chi connectivity index (χ3n) is 3.05. The fraction of sp³-hybridized carbons (Fsp3) is 0.0714. The van der Waals surface area contributed by atoms with Gasteiger partial charge in [0.05, 0.1) is 11.7 Å². The van der Waals surface area contributed by atoms with Crippen molar-refractivity contribution in [2.75, 3.05) is 0 Å². The van der Waals surface area contributed by atoms with E-state index in [2.05, 4.69) is 10.4 Å². The quantitative estimate of drug-likeness (QED) is 0.570. The van der Waals surface area contributed by atoms with Crippen molar-refractivity contribution in [3.05, 3.63) is 65.0 Å². The molecule has 19 heavy (non-hydrogen) atoms. The van der Waals surface area contributed by atoms with Crippen LogP contribution in [0.15, 0.2) is 48.0 Å². The molecule has 3 nitrogen and oxygen atoms in total. The van der Waals surface area contributed by atoms with E-state index in [0.717, 1.165) is 15.6 Å². The third kappa shape index (κ3) is 2.12. The summed E-state index contributed by atoms with van der Waals surface area (Å²) in [7, 11) is 0. The Kier molecular flexibility index (Phi) is 3.25. The molecule has 1 atom stereocenters. The number of hydrogen-bond acceptors (Lipinski definition) is 4. The number of aromatic nitrogens is 1. The van der Waals surface area contributed by atoms with E-state index in [1.165, 1.54) is 6.07 Å². The highest BCUT2D eigenvalue weighted by Gasteiger charge is 2.20. The number of benzene rings is 1. The average Bonchev–Trinajstić information content (AvgIpc) is 2.91. The number of pyridine rings is 1. The number of thiophene rings is 1. The van der Waals surface area contributed by atoms with Crippen LogP contribution in [0.25, 0.3) is 10.1 Å². The Morgan fingerprint density at radius 2 is 2.11 bits per heavy atom. The smallest absolute Gasteiger partial charge is 0.146 e. The third-order valence-corrected chi connectivity index (χ3v) is 4.03. The molecule has 3 aromatic rings. The zero-order valence-electron chi connectivity index (χ0n) is 10.0. The number of hydrogen-bond donors (Lipinski definition) is 2. The summed E-state index contributed by atoms with van der Waals surface area (Å²) in [6.07, 6.45) is 1.57. The summed E-state index contributed by atoms with van der Waals surface area (Å²) in [5, 5.41) is 3.13. The van der Waals surface area contributed by atoms with Crippen LogP contribution in [0.5, 0.6) is 0 Å². The SMILES string of the molecule is NNC(c1ncccc1F)c1cccc2ccsc12. The largest absolute Gasteiger partial charge is 0.271 e. The predicted octanol–water partition coefficient (Wildman–Crippen LogP) is 2.99. The molecule has 0 amide bonds. The molecule has 5 heteroatoms. The van der Waals surface area contributed by atoms with Crippen LogP contribution in [0.3, 0.4) is 0 Å². The maximum Gasteiger partial charge on any atom is 0.146 e. The minimum atomic E-state index is -0.455. The van der Waals surface area contributed by atoms with Crippen LogP contribution in [0.1, 0.15) is 17.3 Å². The van der Waals surface area contributed by atoms with E-state index in [9.17, 15) is 4.39 Å². The van der Waals surface area contributed by atoms with Gasteiger partial charge in [-0.1, -0.05) is 18.2 Å². The van der Waals surface area contributed by atoms with Gasteiger partial charge in [-0.3, -0.25) is 10.8 Å². The van der Waals surface area contributed by atoms with Gasteiger partial charge in [-0.2, -0.15) is 0 Å². The lowest BCUT2D eigenvalue weighted by Crippen LogP contribution is -2.30. The lowest BCUT2D eigenvalue weighted by atomic mass is 10.0. The summed E-state index contributed by atoms with van der Waals surface area (Å²) in [6, 6.07) is 10.4. The number of nitrogens with zero attached hydrogens (tertiary/aromatic N) is 1. The van der Waals surface area contributed by atoms with Gasteiger partial charge in [-0.15, -0.1) is 11.3 Å². The highest BCUT2D eigenvalue weighted by atomic mass is 32.1. The Morgan fingerprint density at radius 1 is 1.21 bits per heavy atom. The van der Waals surface area contributed by atoms with E-state index in [1.54, 1.807) is 23.6 Å². The van der Waals surface area contributed by atoms with E-state index in [0.29, 0.717) is 5.69 Å². The van der Waals surface area contributed by atoms with Crippen molar-refractivity contribution in [1.82, 2.24) is 10.4 Å². The number of rotatable bonds is 3. The van der Waals surface area contributed by atoms with Gasteiger partial charge in [0.25, 0.3) is 0 Å². The molecule has 0 fully saturated rings. The van der Waals surface area contributed by atoms with Gasteiger partial charge in [0, 0.05) is 10.9 Å². The van der Waals surface area contributed by atoms with Gasteiger partial charge >= 0.3 is 0 Å². The molecule has 0 saturated heterocycles. The van der Waals surface area contributed by atoms with Crippen molar-refractivity contribution in [2.45, 2.75) is 6.04 Å². The van der Waals surface area contributed by atoms with Crippen molar-refractivity contribution >= 4 is 21.4 Å². The molecule has 0 aliphatic carbocycles. The van der Waals surface area contributed by atoms with Crippen molar-refractivity contribution < 1.29 is 4.39 Å². The Labute approximate surface area is 113 Å². The fourth-order valence-corrected chi connectivity index (χ4v) is 3.11. The van der Waals surface area contributed by atoms with E-state index in [-0.39, 0.29) is 5.82 Å². The minimum Gasteiger partial charge on any atom is -0.271 e. The van der Waals surface area contributed by atoms with Gasteiger partial charge in [0.15, 0.2) is 0 Å². The molecule has 3 rings (SSSR count). The summed E-state index contributed by atoms with van der Waals surface area (Å²) < 4.78 is 15.0. The van der Waals surface area contributed by atoms with Gasteiger partial charge in [-0.25, -0.2) is 9.82 Å². The van der Waals surface area contributed by atoms with Crippen LogP contribution < -0.4 is 11.3 Å². The Morgan fingerprint density at radius 3 is 2.89 bits per heavy atom.